The van der Waals surface area contributed by atoms with E-state index in [0.717, 1.165) is 33.5 Å². The predicted octanol–water partition coefficient (Wildman–Crippen LogP) is 5.01. The summed E-state index contributed by atoms with van der Waals surface area (Å²) in [6.45, 7) is 2.04. The molecule has 0 aliphatic heterocycles. The zero-order valence-electron chi connectivity index (χ0n) is 11.8. The molecule has 1 aliphatic rings. The van der Waals surface area contributed by atoms with Crippen molar-refractivity contribution < 1.29 is 8.81 Å². The van der Waals surface area contributed by atoms with E-state index < -0.39 is 0 Å². The fourth-order valence-corrected chi connectivity index (χ4v) is 2.92. The van der Waals surface area contributed by atoms with E-state index >= 15 is 0 Å². The third-order valence-corrected chi connectivity index (χ3v) is 4.27. The van der Waals surface area contributed by atoms with Gasteiger partial charge in [0, 0.05) is 28.3 Å². The Hall–Kier alpha value is -2.29. The molecule has 2 N–H and O–H groups in total. The van der Waals surface area contributed by atoms with Gasteiger partial charge in [-0.15, -0.1) is 0 Å². The Morgan fingerprint density at radius 2 is 1.86 bits per heavy atom. The Kier molecular flexibility index (Phi) is 2.58. The van der Waals surface area contributed by atoms with Gasteiger partial charge in [-0.05, 0) is 61.6 Å². The molecule has 0 unspecified atom stereocenters. The topological polar surface area (TPSA) is 39.2 Å². The molecule has 1 aliphatic carbocycles. The highest BCUT2D eigenvalue weighted by molar-refractivity contribution is 5.90. The van der Waals surface area contributed by atoms with Crippen LogP contribution in [-0.4, -0.2) is 0 Å². The van der Waals surface area contributed by atoms with Crippen LogP contribution in [0.4, 0.5) is 10.1 Å². The maximum Gasteiger partial charge on any atom is 0.138 e. The molecule has 0 bridgehead atoms. The molecule has 21 heavy (non-hydrogen) atoms. The number of halogens is 1. The van der Waals surface area contributed by atoms with Crippen molar-refractivity contribution in [2.45, 2.75) is 25.7 Å². The fraction of sp³-hybridized carbons (Fsp3) is 0.222. The molecule has 4 rings (SSSR count). The van der Waals surface area contributed by atoms with Crippen LogP contribution in [-0.2, 0) is 0 Å². The number of furan rings is 1. The van der Waals surface area contributed by atoms with Crippen LogP contribution < -0.4 is 5.73 Å². The average molecular weight is 281 g/mol. The van der Waals surface area contributed by atoms with Gasteiger partial charge in [0.2, 0.25) is 0 Å². The van der Waals surface area contributed by atoms with Crippen LogP contribution in [0.5, 0.6) is 0 Å². The number of aryl methyl sites for hydroxylation is 1. The number of hydrogen-bond acceptors (Lipinski definition) is 2. The molecule has 3 heteroatoms. The normalized spacial score (nSPS) is 14.8. The fourth-order valence-electron chi connectivity index (χ4n) is 2.92. The number of hydrogen-bond donors (Lipinski definition) is 1. The molecule has 1 aromatic heterocycles. The number of nitrogens with two attached hydrogens (primary N) is 1. The molecule has 0 saturated heterocycles. The van der Waals surface area contributed by atoms with Gasteiger partial charge < -0.3 is 10.2 Å². The van der Waals surface area contributed by atoms with E-state index in [1.165, 1.54) is 30.5 Å². The Balaban J connectivity index is 1.91. The molecule has 1 heterocycles. The van der Waals surface area contributed by atoms with Gasteiger partial charge in [0.15, 0.2) is 0 Å². The van der Waals surface area contributed by atoms with Crippen LogP contribution in [0.25, 0.3) is 22.3 Å². The minimum absolute atomic E-state index is 0.243. The van der Waals surface area contributed by atoms with Gasteiger partial charge in [-0.25, -0.2) is 4.39 Å². The minimum atomic E-state index is -0.243. The summed E-state index contributed by atoms with van der Waals surface area (Å²) < 4.78 is 19.0. The van der Waals surface area contributed by atoms with Gasteiger partial charge in [0.05, 0.1) is 0 Å². The zero-order chi connectivity index (χ0) is 14.6. The first-order valence-corrected chi connectivity index (χ1v) is 7.22. The van der Waals surface area contributed by atoms with Crippen molar-refractivity contribution in [2.24, 2.45) is 0 Å². The smallest absolute Gasteiger partial charge is 0.138 e. The van der Waals surface area contributed by atoms with Crippen LogP contribution >= 0.6 is 0 Å². The van der Waals surface area contributed by atoms with Gasteiger partial charge in [0.1, 0.15) is 17.2 Å². The van der Waals surface area contributed by atoms with Crippen LogP contribution in [0, 0.1) is 12.7 Å². The maximum atomic E-state index is 13.1. The number of anilines is 1. The molecular weight excluding hydrogens is 265 g/mol. The molecular formula is C18H16FNO. The quantitative estimate of drug-likeness (QED) is 0.671. The lowest BCUT2D eigenvalue weighted by Crippen LogP contribution is -1.91. The van der Waals surface area contributed by atoms with Crippen molar-refractivity contribution in [2.75, 3.05) is 5.73 Å². The first kappa shape index (κ1) is 12.5. The van der Waals surface area contributed by atoms with Crippen molar-refractivity contribution in [1.29, 1.82) is 0 Å². The van der Waals surface area contributed by atoms with E-state index in [9.17, 15) is 4.39 Å². The van der Waals surface area contributed by atoms with Crippen LogP contribution in [0.2, 0.25) is 0 Å². The second-order valence-electron chi connectivity index (χ2n) is 5.81. The van der Waals surface area contributed by atoms with E-state index in [-0.39, 0.29) is 5.82 Å². The summed E-state index contributed by atoms with van der Waals surface area (Å²) in [4.78, 5) is 0. The van der Waals surface area contributed by atoms with Crippen molar-refractivity contribution in [1.82, 2.24) is 0 Å². The highest BCUT2D eigenvalue weighted by Crippen LogP contribution is 2.45. The van der Waals surface area contributed by atoms with Crippen molar-refractivity contribution in [3.63, 3.8) is 0 Å². The summed E-state index contributed by atoms with van der Waals surface area (Å²) in [5.74, 6) is 1.16. The van der Waals surface area contributed by atoms with Crippen LogP contribution in [0.15, 0.2) is 40.8 Å². The molecule has 0 spiro atoms. The highest BCUT2D eigenvalue weighted by Gasteiger charge is 2.27. The van der Waals surface area contributed by atoms with Crippen molar-refractivity contribution >= 4 is 16.7 Å². The van der Waals surface area contributed by atoms with Gasteiger partial charge in [-0.1, -0.05) is 0 Å². The Bertz CT molecular complexity index is 829. The van der Waals surface area contributed by atoms with Crippen LogP contribution in [0.1, 0.15) is 29.9 Å². The minimum Gasteiger partial charge on any atom is -0.456 e. The van der Waals surface area contributed by atoms with Gasteiger partial charge in [-0.2, -0.15) is 0 Å². The van der Waals surface area contributed by atoms with Crippen LogP contribution in [0.3, 0.4) is 0 Å². The third kappa shape index (κ3) is 2.00. The lowest BCUT2D eigenvalue weighted by atomic mass is 10.0. The summed E-state index contributed by atoms with van der Waals surface area (Å²) in [6, 6.07) is 10.5. The Morgan fingerprint density at radius 1 is 1.14 bits per heavy atom. The van der Waals surface area contributed by atoms with Gasteiger partial charge in [-0.3, -0.25) is 0 Å². The monoisotopic (exact) mass is 281 g/mol. The summed E-state index contributed by atoms with van der Waals surface area (Å²) in [7, 11) is 0. The molecule has 106 valence electrons. The van der Waals surface area contributed by atoms with Crippen molar-refractivity contribution in [3.8, 4) is 11.3 Å². The number of rotatable bonds is 2. The molecule has 0 radical (unpaired) electrons. The van der Waals surface area contributed by atoms with Gasteiger partial charge in [0.25, 0.3) is 0 Å². The van der Waals surface area contributed by atoms with Gasteiger partial charge >= 0.3 is 0 Å². The average Bonchev–Trinajstić information content (AvgIpc) is 3.25. The highest BCUT2D eigenvalue weighted by atomic mass is 19.1. The molecule has 3 aromatic rings. The predicted molar refractivity (Wildman–Crippen MR) is 82.7 cm³/mol. The van der Waals surface area contributed by atoms with E-state index in [4.69, 9.17) is 10.2 Å². The molecule has 1 fully saturated rings. The summed E-state index contributed by atoms with van der Waals surface area (Å²) in [5.41, 5.74) is 10.9. The summed E-state index contributed by atoms with van der Waals surface area (Å²) >= 11 is 0. The SMILES string of the molecule is Cc1c(-c2ccc(F)cc2)oc2cc(N)c(C3CC3)cc12. The van der Waals surface area contributed by atoms with E-state index in [1.807, 2.05) is 13.0 Å². The summed E-state index contributed by atoms with van der Waals surface area (Å²) in [5, 5.41) is 1.10. The second-order valence-corrected chi connectivity index (χ2v) is 5.81. The maximum absolute atomic E-state index is 13.1. The molecule has 2 nitrogen and oxygen atoms in total. The Labute approximate surface area is 122 Å². The Morgan fingerprint density at radius 3 is 2.52 bits per heavy atom. The number of benzene rings is 2. The molecule has 0 atom stereocenters. The lowest BCUT2D eigenvalue weighted by Gasteiger charge is -2.03. The standard InChI is InChI=1S/C18H16FNO/c1-10-14-8-15(11-2-3-11)16(20)9-17(14)21-18(10)12-4-6-13(19)7-5-12/h4-9,11H,2-3,20H2,1H3. The van der Waals surface area contributed by atoms with Crippen molar-refractivity contribution in [3.05, 3.63) is 53.3 Å². The van der Waals surface area contributed by atoms with E-state index in [1.54, 1.807) is 12.1 Å². The number of nitrogen functional groups attached to an aromatic ring is 1. The largest absolute Gasteiger partial charge is 0.456 e. The zero-order valence-corrected chi connectivity index (χ0v) is 11.8. The van der Waals surface area contributed by atoms with E-state index in [2.05, 4.69) is 6.07 Å². The third-order valence-electron chi connectivity index (χ3n) is 4.27. The second kappa shape index (κ2) is 4.35. The lowest BCUT2D eigenvalue weighted by molar-refractivity contribution is 0.622. The van der Waals surface area contributed by atoms with E-state index in [0.29, 0.717) is 5.92 Å². The molecule has 2 aromatic carbocycles. The molecule has 1 saturated carbocycles. The number of fused-ring (bicyclic) bond motifs is 1. The first-order chi connectivity index (χ1) is 10.1. The molecule has 0 amide bonds. The first-order valence-electron chi connectivity index (χ1n) is 7.22. The summed E-state index contributed by atoms with van der Waals surface area (Å²) in [6.07, 6.45) is 2.44.